The molecule has 31 heavy (non-hydrogen) atoms. The van der Waals surface area contributed by atoms with Crippen LogP contribution in [0, 0.1) is 13.8 Å². The molecule has 1 aromatic carbocycles. The number of hydrogen-bond acceptors (Lipinski definition) is 6. The van der Waals surface area contributed by atoms with Crippen molar-refractivity contribution in [2.24, 2.45) is 0 Å². The Morgan fingerprint density at radius 2 is 2.10 bits per heavy atom. The molecule has 7 nitrogen and oxygen atoms in total. The van der Waals surface area contributed by atoms with Crippen LogP contribution in [0.25, 0.3) is 22.4 Å². The molecule has 0 bridgehead atoms. The SMILES string of the molecule is Cc1cc(C)c2c(=O)c(CN3CCc4nc(-c5cccnc5)[nH]c(=O)c4C3)coc2c1. The maximum absolute atomic E-state index is 13.1. The van der Waals surface area contributed by atoms with Crippen LogP contribution in [0.3, 0.4) is 0 Å². The van der Waals surface area contributed by atoms with E-state index in [1.54, 1.807) is 18.7 Å². The molecule has 0 spiro atoms. The summed E-state index contributed by atoms with van der Waals surface area (Å²) in [6, 6.07) is 7.56. The van der Waals surface area contributed by atoms with Crippen LogP contribution in [0.1, 0.15) is 27.9 Å². The van der Waals surface area contributed by atoms with E-state index >= 15 is 0 Å². The highest BCUT2D eigenvalue weighted by atomic mass is 16.3. The number of fused-ring (bicyclic) bond motifs is 2. The summed E-state index contributed by atoms with van der Waals surface area (Å²) in [7, 11) is 0. The van der Waals surface area contributed by atoms with Crippen molar-refractivity contribution in [1.82, 2.24) is 19.9 Å². The smallest absolute Gasteiger partial charge is 0.255 e. The Hall–Kier alpha value is -3.58. The van der Waals surface area contributed by atoms with Gasteiger partial charge in [-0.15, -0.1) is 0 Å². The van der Waals surface area contributed by atoms with Gasteiger partial charge >= 0.3 is 0 Å². The number of hydrogen-bond donors (Lipinski definition) is 1. The Morgan fingerprint density at radius 1 is 1.23 bits per heavy atom. The second kappa shape index (κ2) is 7.59. The largest absolute Gasteiger partial charge is 0.464 e. The number of aromatic amines is 1. The zero-order valence-corrected chi connectivity index (χ0v) is 17.4. The van der Waals surface area contributed by atoms with E-state index in [4.69, 9.17) is 4.42 Å². The summed E-state index contributed by atoms with van der Waals surface area (Å²) in [5.74, 6) is 0.534. The molecule has 4 aromatic rings. The number of benzene rings is 1. The van der Waals surface area contributed by atoms with Crippen molar-refractivity contribution in [2.75, 3.05) is 6.54 Å². The molecule has 1 aliphatic heterocycles. The second-order valence-corrected chi connectivity index (χ2v) is 8.09. The molecule has 156 valence electrons. The van der Waals surface area contributed by atoms with Crippen molar-refractivity contribution in [3.63, 3.8) is 0 Å². The van der Waals surface area contributed by atoms with Crippen molar-refractivity contribution in [3.05, 3.63) is 91.4 Å². The van der Waals surface area contributed by atoms with Gasteiger partial charge in [0.15, 0.2) is 5.43 Å². The molecule has 4 heterocycles. The van der Waals surface area contributed by atoms with Crippen LogP contribution in [-0.2, 0) is 19.5 Å². The number of aromatic nitrogens is 3. The molecule has 0 fully saturated rings. The lowest BCUT2D eigenvalue weighted by Gasteiger charge is -2.27. The molecule has 0 atom stereocenters. The van der Waals surface area contributed by atoms with E-state index in [0.29, 0.717) is 54.0 Å². The van der Waals surface area contributed by atoms with E-state index in [-0.39, 0.29) is 11.0 Å². The van der Waals surface area contributed by atoms with Gasteiger partial charge in [0, 0.05) is 49.6 Å². The lowest BCUT2D eigenvalue weighted by atomic mass is 10.0. The fourth-order valence-corrected chi connectivity index (χ4v) is 4.27. The number of rotatable bonds is 3. The first-order valence-corrected chi connectivity index (χ1v) is 10.3. The van der Waals surface area contributed by atoms with Gasteiger partial charge < -0.3 is 9.40 Å². The van der Waals surface area contributed by atoms with Crippen LogP contribution >= 0.6 is 0 Å². The third-order valence-corrected chi connectivity index (χ3v) is 5.77. The second-order valence-electron chi connectivity index (χ2n) is 8.09. The van der Waals surface area contributed by atoms with Gasteiger partial charge in [-0.25, -0.2) is 4.98 Å². The van der Waals surface area contributed by atoms with E-state index in [9.17, 15) is 9.59 Å². The molecular formula is C24H22N4O3. The van der Waals surface area contributed by atoms with Gasteiger partial charge in [0.1, 0.15) is 11.4 Å². The van der Waals surface area contributed by atoms with Gasteiger partial charge in [-0.1, -0.05) is 6.07 Å². The highest BCUT2D eigenvalue weighted by Gasteiger charge is 2.23. The Kier molecular flexibility index (Phi) is 4.75. The fourth-order valence-electron chi connectivity index (χ4n) is 4.27. The van der Waals surface area contributed by atoms with E-state index < -0.39 is 0 Å². The molecule has 0 aliphatic carbocycles. The van der Waals surface area contributed by atoms with Gasteiger partial charge in [0.2, 0.25) is 0 Å². The first kappa shape index (κ1) is 19.4. The zero-order chi connectivity index (χ0) is 21.5. The lowest BCUT2D eigenvalue weighted by molar-refractivity contribution is 0.239. The summed E-state index contributed by atoms with van der Waals surface area (Å²) in [6.07, 6.45) is 5.56. The third kappa shape index (κ3) is 3.57. The average Bonchev–Trinajstić information content (AvgIpc) is 2.76. The van der Waals surface area contributed by atoms with Crippen LogP contribution in [0.2, 0.25) is 0 Å². The molecule has 0 saturated carbocycles. The number of aryl methyl sites for hydroxylation is 2. The Bertz CT molecular complexity index is 1410. The zero-order valence-electron chi connectivity index (χ0n) is 17.4. The predicted octanol–water partition coefficient (Wildman–Crippen LogP) is 3.11. The summed E-state index contributed by atoms with van der Waals surface area (Å²) >= 11 is 0. The molecular weight excluding hydrogens is 392 g/mol. The van der Waals surface area contributed by atoms with Crippen LogP contribution in [0.5, 0.6) is 0 Å². The maximum Gasteiger partial charge on any atom is 0.255 e. The Morgan fingerprint density at radius 3 is 2.90 bits per heavy atom. The van der Waals surface area contributed by atoms with Crippen LogP contribution in [0.15, 0.2) is 56.9 Å². The summed E-state index contributed by atoms with van der Waals surface area (Å²) < 4.78 is 5.77. The van der Waals surface area contributed by atoms with Gasteiger partial charge in [-0.3, -0.25) is 19.5 Å². The van der Waals surface area contributed by atoms with Crippen molar-refractivity contribution in [1.29, 1.82) is 0 Å². The fraction of sp³-hybridized carbons (Fsp3) is 0.250. The van der Waals surface area contributed by atoms with Gasteiger partial charge in [0.05, 0.1) is 22.9 Å². The van der Waals surface area contributed by atoms with Gasteiger partial charge in [0.25, 0.3) is 5.56 Å². The van der Waals surface area contributed by atoms with Gasteiger partial charge in [-0.05, 0) is 43.2 Å². The Balaban J connectivity index is 1.44. The molecule has 5 rings (SSSR count). The van der Waals surface area contributed by atoms with Crippen molar-refractivity contribution in [3.8, 4) is 11.4 Å². The molecule has 0 radical (unpaired) electrons. The van der Waals surface area contributed by atoms with E-state index in [2.05, 4.69) is 19.9 Å². The average molecular weight is 414 g/mol. The first-order chi connectivity index (χ1) is 15.0. The Labute approximate surface area is 178 Å². The standard InChI is InChI=1S/C24H22N4O3/c1-14-8-15(2)21-20(9-14)31-13-17(22(21)29)11-28-7-5-19-18(12-28)24(30)27-23(26-19)16-4-3-6-25-10-16/h3-4,6,8-10,13H,5,7,11-12H2,1-2H3,(H,26,27,30). The molecule has 1 aliphatic rings. The minimum absolute atomic E-state index is 0.0106. The summed E-state index contributed by atoms with van der Waals surface area (Å²) in [4.78, 5) is 39.5. The third-order valence-electron chi connectivity index (χ3n) is 5.77. The summed E-state index contributed by atoms with van der Waals surface area (Å²) in [5, 5.41) is 0.626. The first-order valence-electron chi connectivity index (χ1n) is 10.3. The van der Waals surface area contributed by atoms with Crippen LogP contribution in [-0.4, -0.2) is 26.4 Å². The minimum atomic E-state index is -0.148. The minimum Gasteiger partial charge on any atom is -0.464 e. The lowest BCUT2D eigenvalue weighted by Crippen LogP contribution is -2.36. The highest BCUT2D eigenvalue weighted by molar-refractivity contribution is 5.81. The summed E-state index contributed by atoms with van der Waals surface area (Å²) in [6.45, 7) is 5.49. The maximum atomic E-state index is 13.1. The molecule has 7 heteroatoms. The number of pyridine rings is 1. The molecule has 0 unspecified atom stereocenters. The monoisotopic (exact) mass is 414 g/mol. The van der Waals surface area contributed by atoms with E-state index in [0.717, 1.165) is 22.4 Å². The molecule has 0 amide bonds. The van der Waals surface area contributed by atoms with Crippen LogP contribution in [0.4, 0.5) is 0 Å². The van der Waals surface area contributed by atoms with Crippen molar-refractivity contribution >= 4 is 11.0 Å². The van der Waals surface area contributed by atoms with E-state index in [1.807, 2.05) is 38.1 Å². The number of H-pyrrole nitrogens is 1. The summed E-state index contributed by atoms with van der Waals surface area (Å²) in [5.41, 5.74) is 5.26. The topological polar surface area (TPSA) is 92.1 Å². The van der Waals surface area contributed by atoms with E-state index in [1.165, 1.54) is 0 Å². The number of nitrogens with zero attached hydrogens (tertiary/aromatic N) is 3. The quantitative estimate of drug-likeness (QED) is 0.554. The van der Waals surface area contributed by atoms with Crippen molar-refractivity contribution < 1.29 is 4.42 Å². The number of nitrogens with one attached hydrogen (secondary N) is 1. The molecule has 1 N–H and O–H groups in total. The molecule has 3 aromatic heterocycles. The van der Waals surface area contributed by atoms with Crippen molar-refractivity contribution in [2.45, 2.75) is 33.4 Å². The van der Waals surface area contributed by atoms with Gasteiger partial charge in [-0.2, -0.15) is 0 Å². The normalized spacial score (nSPS) is 14.0. The predicted molar refractivity (Wildman–Crippen MR) is 118 cm³/mol. The highest BCUT2D eigenvalue weighted by Crippen LogP contribution is 2.21. The van der Waals surface area contributed by atoms with Crippen LogP contribution < -0.4 is 11.0 Å². The molecule has 0 saturated heterocycles.